The van der Waals surface area contributed by atoms with Crippen LogP contribution in [0.4, 0.5) is 11.4 Å². The molecule has 4 rings (SSSR count). The maximum absolute atomic E-state index is 13.1. The highest BCUT2D eigenvalue weighted by Crippen LogP contribution is 2.23. The van der Waals surface area contributed by atoms with E-state index in [1.165, 1.54) is 0 Å². The van der Waals surface area contributed by atoms with Crippen LogP contribution in [0.1, 0.15) is 28.3 Å². The number of nitrogens with zero attached hydrogens (tertiary/aromatic N) is 5. The van der Waals surface area contributed by atoms with Crippen molar-refractivity contribution in [1.29, 1.82) is 0 Å². The maximum Gasteiger partial charge on any atom is 0.251 e. The zero-order chi connectivity index (χ0) is 22.7. The van der Waals surface area contributed by atoms with Crippen LogP contribution in [0.2, 0.25) is 0 Å². The summed E-state index contributed by atoms with van der Waals surface area (Å²) >= 11 is 0. The maximum atomic E-state index is 13.1. The van der Waals surface area contributed by atoms with E-state index in [4.69, 9.17) is 0 Å². The average Bonchev–Trinajstić information content (AvgIpc) is 3.06. The molecule has 0 fully saturated rings. The first-order chi connectivity index (χ1) is 15.4. The number of anilines is 2. The van der Waals surface area contributed by atoms with E-state index in [-0.39, 0.29) is 12.3 Å². The molecule has 0 aliphatic heterocycles. The lowest BCUT2D eigenvalue weighted by atomic mass is 10.1. The molecule has 0 spiro atoms. The Balaban J connectivity index is 1.60. The lowest BCUT2D eigenvalue weighted by Gasteiger charge is -2.25. The van der Waals surface area contributed by atoms with Crippen molar-refractivity contribution in [1.82, 2.24) is 25.2 Å². The Kier molecular flexibility index (Phi) is 5.98. The Morgan fingerprint density at radius 2 is 1.41 bits per heavy atom. The van der Waals surface area contributed by atoms with Gasteiger partial charge in [-0.05, 0) is 58.0 Å². The predicted molar refractivity (Wildman–Crippen MR) is 125 cm³/mol. The monoisotopic (exact) mass is 426 g/mol. The molecule has 4 aromatic rings. The summed E-state index contributed by atoms with van der Waals surface area (Å²) in [5.41, 5.74) is 9.05. The topological polar surface area (TPSA) is 75.9 Å². The number of nitrogens with one attached hydrogen (secondary N) is 1. The number of carbonyl (C=O) groups is 1. The molecule has 0 aliphatic carbocycles. The Morgan fingerprint density at radius 1 is 0.875 bits per heavy atom. The van der Waals surface area contributed by atoms with E-state index in [1.54, 1.807) is 9.69 Å². The number of carbonyl (C=O) groups excluding carboxylic acids is 1. The van der Waals surface area contributed by atoms with Gasteiger partial charge in [-0.15, -0.1) is 0 Å². The van der Waals surface area contributed by atoms with E-state index >= 15 is 0 Å². The molecule has 1 N–H and O–H groups in total. The van der Waals surface area contributed by atoms with E-state index < -0.39 is 0 Å². The first kappa shape index (κ1) is 21.2. The van der Waals surface area contributed by atoms with E-state index in [0.717, 1.165) is 39.7 Å². The second kappa shape index (κ2) is 9.01. The first-order valence-electron chi connectivity index (χ1n) is 10.5. The molecule has 7 heteroatoms. The number of hydrogen-bond acceptors (Lipinski definition) is 5. The van der Waals surface area contributed by atoms with Gasteiger partial charge in [-0.25, -0.2) is 14.6 Å². The van der Waals surface area contributed by atoms with Crippen LogP contribution in [0.15, 0.2) is 66.7 Å². The van der Waals surface area contributed by atoms with Crippen molar-refractivity contribution in [3.63, 3.8) is 0 Å². The van der Waals surface area contributed by atoms with Gasteiger partial charge in [-0.2, -0.15) is 5.10 Å². The van der Waals surface area contributed by atoms with Gasteiger partial charge in [0.15, 0.2) is 0 Å². The zero-order valence-corrected chi connectivity index (χ0v) is 18.7. The fourth-order valence-corrected chi connectivity index (χ4v) is 3.68. The van der Waals surface area contributed by atoms with Crippen molar-refractivity contribution < 1.29 is 4.79 Å². The average molecular weight is 427 g/mol. The van der Waals surface area contributed by atoms with Crippen molar-refractivity contribution >= 4 is 17.3 Å². The molecule has 0 aliphatic rings. The molecule has 2 aromatic carbocycles. The van der Waals surface area contributed by atoms with Crippen molar-refractivity contribution in [3.05, 3.63) is 95.1 Å². The molecule has 2 aromatic heterocycles. The molecule has 32 heavy (non-hydrogen) atoms. The molecule has 7 nitrogen and oxygen atoms in total. The van der Waals surface area contributed by atoms with Gasteiger partial charge in [-0.1, -0.05) is 36.4 Å². The van der Waals surface area contributed by atoms with E-state index in [9.17, 15) is 4.79 Å². The fraction of sp³-hybridized carbons (Fsp3) is 0.200. The lowest BCUT2D eigenvalue weighted by Crippen LogP contribution is -2.40. The molecule has 2 heterocycles. The van der Waals surface area contributed by atoms with Crippen LogP contribution in [0.3, 0.4) is 0 Å². The number of hydrazine groups is 1. The van der Waals surface area contributed by atoms with Crippen LogP contribution >= 0.6 is 0 Å². The summed E-state index contributed by atoms with van der Waals surface area (Å²) in [6.45, 7) is 7.71. The second-order valence-electron chi connectivity index (χ2n) is 7.73. The minimum absolute atomic E-state index is 0.134. The van der Waals surface area contributed by atoms with Crippen LogP contribution in [-0.2, 0) is 11.2 Å². The Morgan fingerprint density at radius 3 is 1.94 bits per heavy atom. The molecular formula is C25H26N6O. The smallest absolute Gasteiger partial charge is 0.251 e. The van der Waals surface area contributed by atoms with Gasteiger partial charge in [0.2, 0.25) is 5.91 Å². The summed E-state index contributed by atoms with van der Waals surface area (Å²) in [5.74, 6) is 0.384. The van der Waals surface area contributed by atoms with Crippen LogP contribution in [0, 0.1) is 27.7 Å². The molecule has 0 unspecified atom stereocenters. The number of benzene rings is 2. The van der Waals surface area contributed by atoms with E-state index in [0.29, 0.717) is 5.95 Å². The third kappa shape index (κ3) is 4.51. The van der Waals surface area contributed by atoms with E-state index in [2.05, 4.69) is 20.5 Å². The van der Waals surface area contributed by atoms with Gasteiger partial charge >= 0.3 is 0 Å². The van der Waals surface area contributed by atoms with Gasteiger partial charge in [0.25, 0.3) is 5.95 Å². The summed E-state index contributed by atoms with van der Waals surface area (Å²) in [7, 11) is 0. The summed E-state index contributed by atoms with van der Waals surface area (Å²) in [5, 5.41) is 6.41. The van der Waals surface area contributed by atoms with Gasteiger partial charge < -0.3 is 0 Å². The van der Waals surface area contributed by atoms with Gasteiger partial charge in [0.1, 0.15) is 0 Å². The number of amides is 1. The predicted octanol–water partition coefficient (Wildman–Crippen LogP) is 4.31. The first-order valence-corrected chi connectivity index (χ1v) is 10.5. The molecule has 0 atom stereocenters. The number of rotatable bonds is 6. The molecule has 0 radical (unpaired) electrons. The summed E-state index contributed by atoms with van der Waals surface area (Å²) in [6.07, 6.45) is 0.193. The van der Waals surface area contributed by atoms with Crippen molar-refractivity contribution in [2.24, 2.45) is 0 Å². The largest absolute Gasteiger partial charge is 0.273 e. The Hall–Kier alpha value is -4.00. The summed E-state index contributed by atoms with van der Waals surface area (Å²) < 4.78 is 1.71. The standard InChI is InChI=1S/C25H26N6O/c1-17-15-18(2)27-25(26-17)30-20(4)23(19(3)28-30)16-24(32)29-31(21-11-7-5-8-12-21)22-13-9-6-10-14-22/h5-15H,16H2,1-4H3,(H,29,32). The van der Waals surface area contributed by atoms with Crippen molar-refractivity contribution in [2.75, 3.05) is 5.01 Å². The highest BCUT2D eigenvalue weighted by Gasteiger charge is 2.19. The normalized spacial score (nSPS) is 10.8. The fourth-order valence-electron chi connectivity index (χ4n) is 3.68. The molecule has 162 valence electrons. The Labute approximate surface area is 187 Å². The molecule has 0 bridgehead atoms. The molecule has 0 saturated heterocycles. The third-order valence-electron chi connectivity index (χ3n) is 5.20. The van der Waals surface area contributed by atoms with Crippen LogP contribution < -0.4 is 10.4 Å². The molecule has 0 saturated carbocycles. The third-order valence-corrected chi connectivity index (χ3v) is 5.20. The van der Waals surface area contributed by atoms with Crippen LogP contribution in [0.5, 0.6) is 0 Å². The van der Waals surface area contributed by atoms with E-state index in [1.807, 2.05) is 94.4 Å². The molecule has 1 amide bonds. The zero-order valence-electron chi connectivity index (χ0n) is 18.7. The SMILES string of the molecule is Cc1cc(C)nc(-n2nc(C)c(CC(=O)NN(c3ccccc3)c3ccccc3)c2C)n1. The summed E-state index contributed by atoms with van der Waals surface area (Å²) in [4.78, 5) is 22.1. The second-order valence-corrected chi connectivity index (χ2v) is 7.73. The number of para-hydroxylation sites is 2. The van der Waals surface area contributed by atoms with Crippen molar-refractivity contribution in [2.45, 2.75) is 34.1 Å². The minimum atomic E-state index is -0.134. The quantitative estimate of drug-likeness (QED) is 0.465. The van der Waals surface area contributed by atoms with Crippen molar-refractivity contribution in [3.8, 4) is 5.95 Å². The van der Waals surface area contributed by atoms with Gasteiger partial charge in [-0.3, -0.25) is 15.2 Å². The van der Waals surface area contributed by atoms with Crippen LogP contribution in [0.25, 0.3) is 5.95 Å². The minimum Gasteiger partial charge on any atom is -0.273 e. The number of hydrogen-bond donors (Lipinski definition) is 1. The summed E-state index contributed by atoms with van der Waals surface area (Å²) in [6, 6.07) is 21.4. The number of aromatic nitrogens is 4. The lowest BCUT2D eigenvalue weighted by molar-refractivity contribution is -0.120. The Bertz CT molecular complexity index is 1170. The van der Waals surface area contributed by atoms with Gasteiger partial charge in [0.05, 0.1) is 23.5 Å². The highest BCUT2D eigenvalue weighted by atomic mass is 16.2. The number of aryl methyl sites for hydroxylation is 3. The highest BCUT2D eigenvalue weighted by molar-refractivity contribution is 5.83. The van der Waals surface area contributed by atoms with Crippen LogP contribution in [-0.4, -0.2) is 25.7 Å². The van der Waals surface area contributed by atoms with Gasteiger partial charge in [0, 0.05) is 22.6 Å². The molecular weight excluding hydrogens is 400 g/mol.